The molecule has 0 bridgehead atoms. The first-order valence-electron chi connectivity index (χ1n) is 9.92. The van der Waals surface area contributed by atoms with E-state index in [0.29, 0.717) is 17.9 Å². The number of pyridine rings is 1. The van der Waals surface area contributed by atoms with Crippen LogP contribution in [-0.2, 0) is 20.9 Å². The smallest absolute Gasteiger partial charge is 0.311 e. The number of rotatable bonds is 5. The van der Waals surface area contributed by atoms with Crippen LogP contribution in [0.15, 0.2) is 59.5 Å². The van der Waals surface area contributed by atoms with Gasteiger partial charge in [-0.05, 0) is 31.0 Å². The van der Waals surface area contributed by atoms with Gasteiger partial charge in [-0.15, -0.1) is 0 Å². The van der Waals surface area contributed by atoms with Crippen molar-refractivity contribution in [1.29, 1.82) is 0 Å². The van der Waals surface area contributed by atoms with Crippen molar-refractivity contribution in [3.63, 3.8) is 0 Å². The van der Waals surface area contributed by atoms with Crippen molar-refractivity contribution in [2.24, 2.45) is 5.92 Å². The number of aromatic nitrogens is 2. The Labute approximate surface area is 173 Å². The average molecular weight is 405 g/mol. The summed E-state index contributed by atoms with van der Waals surface area (Å²) in [5.74, 6) is -1.03. The number of carbonyl (C=O) groups excluding carboxylic acids is 2. The van der Waals surface area contributed by atoms with Crippen molar-refractivity contribution in [3.05, 3.63) is 81.9 Å². The van der Waals surface area contributed by atoms with Crippen molar-refractivity contribution in [2.45, 2.75) is 32.9 Å². The highest BCUT2D eigenvalue weighted by atomic mass is 16.5. The standard InChI is InChI=1S/C23H23N3O4/c1-15-8-9-20-24-19(11-22(28)26(20)12-15)14-30-23(29)18-10-21(27)25(13-18)16(2)17-6-4-3-5-7-17/h3-9,11-12,16,18H,10,13-14H2,1-2H3/t16-,18-/m0/s1. The molecule has 2 atom stereocenters. The number of amides is 1. The number of likely N-dealkylation sites (tertiary alicyclic amines) is 1. The summed E-state index contributed by atoms with van der Waals surface area (Å²) in [6.45, 7) is 4.07. The first-order chi connectivity index (χ1) is 14.4. The van der Waals surface area contributed by atoms with E-state index in [2.05, 4.69) is 4.98 Å². The zero-order valence-electron chi connectivity index (χ0n) is 16.9. The Hall–Kier alpha value is -3.48. The van der Waals surface area contributed by atoms with Gasteiger partial charge in [-0.2, -0.15) is 0 Å². The monoisotopic (exact) mass is 405 g/mol. The average Bonchev–Trinajstić information content (AvgIpc) is 3.14. The number of fused-ring (bicyclic) bond motifs is 1. The Morgan fingerprint density at radius 3 is 2.73 bits per heavy atom. The number of nitrogens with zero attached hydrogens (tertiary/aromatic N) is 3. The van der Waals surface area contributed by atoms with Crippen LogP contribution < -0.4 is 5.56 Å². The molecule has 1 aliphatic rings. The molecule has 0 unspecified atom stereocenters. The fourth-order valence-electron chi connectivity index (χ4n) is 3.77. The van der Waals surface area contributed by atoms with Gasteiger partial charge in [0.2, 0.25) is 5.91 Å². The van der Waals surface area contributed by atoms with Gasteiger partial charge in [0.1, 0.15) is 12.3 Å². The minimum atomic E-state index is -0.520. The number of hydrogen-bond acceptors (Lipinski definition) is 5. The van der Waals surface area contributed by atoms with Crippen LogP contribution in [0.3, 0.4) is 0 Å². The van der Waals surface area contributed by atoms with E-state index in [1.807, 2.05) is 50.2 Å². The Kier molecular flexibility index (Phi) is 5.35. The van der Waals surface area contributed by atoms with E-state index in [9.17, 15) is 14.4 Å². The van der Waals surface area contributed by atoms with Crippen molar-refractivity contribution in [1.82, 2.24) is 14.3 Å². The van der Waals surface area contributed by atoms with Gasteiger partial charge in [0.25, 0.3) is 5.56 Å². The molecule has 0 saturated carbocycles. The molecule has 30 heavy (non-hydrogen) atoms. The predicted molar refractivity (Wildman–Crippen MR) is 111 cm³/mol. The molecule has 1 aliphatic heterocycles. The van der Waals surface area contributed by atoms with Gasteiger partial charge in [-0.25, -0.2) is 4.98 Å². The highest BCUT2D eigenvalue weighted by Gasteiger charge is 2.37. The lowest BCUT2D eigenvalue weighted by Crippen LogP contribution is -2.29. The molecule has 1 fully saturated rings. The largest absolute Gasteiger partial charge is 0.459 e. The molecule has 1 saturated heterocycles. The maximum absolute atomic E-state index is 12.5. The van der Waals surface area contributed by atoms with Crippen molar-refractivity contribution in [3.8, 4) is 0 Å². The molecule has 7 nitrogen and oxygen atoms in total. The first kappa shape index (κ1) is 19.8. The summed E-state index contributed by atoms with van der Waals surface area (Å²) in [5.41, 5.74) is 2.63. The minimum absolute atomic E-state index is 0.0641. The van der Waals surface area contributed by atoms with Gasteiger partial charge in [-0.3, -0.25) is 18.8 Å². The summed E-state index contributed by atoms with van der Waals surface area (Å²) in [6.07, 6.45) is 1.84. The lowest BCUT2D eigenvalue weighted by Gasteiger charge is -2.25. The van der Waals surface area contributed by atoms with Crippen LogP contribution in [0.4, 0.5) is 0 Å². The number of aryl methyl sites for hydroxylation is 1. The Morgan fingerprint density at radius 1 is 1.20 bits per heavy atom. The van der Waals surface area contributed by atoms with Gasteiger partial charge in [0, 0.05) is 25.2 Å². The third-order valence-electron chi connectivity index (χ3n) is 5.46. The molecule has 2 aromatic heterocycles. The summed E-state index contributed by atoms with van der Waals surface area (Å²) >= 11 is 0. The molecule has 1 amide bonds. The highest BCUT2D eigenvalue weighted by molar-refractivity contribution is 5.87. The third-order valence-corrected chi connectivity index (χ3v) is 5.46. The van der Waals surface area contributed by atoms with E-state index >= 15 is 0 Å². The van der Waals surface area contributed by atoms with Crippen LogP contribution in [0, 0.1) is 12.8 Å². The summed E-state index contributed by atoms with van der Waals surface area (Å²) < 4.78 is 6.85. The summed E-state index contributed by atoms with van der Waals surface area (Å²) in [7, 11) is 0. The lowest BCUT2D eigenvalue weighted by molar-refractivity contribution is -0.149. The van der Waals surface area contributed by atoms with Gasteiger partial charge < -0.3 is 9.64 Å². The second-order valence-electron chi connectivity index (χ2n) is 7.66. The Balaban J connectivity index is 1.41. The second kappa shape index (κ2) is 8.10. The van der Waals surface area contributed by atoms with Crippen LogP contribution in [-0.4, -0.2) is 32.7 Å². The summed E-state index contributed by atoms with van der Waals surface area (Å²) in [4.78, 5) is 43.4. The molecule has 154 valence electrons. The van der Waals surface area contributed by atoms with Crippen molar-refractivity contribution in [2.75, 3.05) is 6.54 Å². The molecule has 0 aliphatic carbocycles. The van der Waals surface area contributed by atoms with E-state index in [1.54, 1.807) is 17.2 Å². The zero-order chi connectivity index (χ0) is 21.3. The molecule has 1 aromatic carbocycles. The topological polar surface area (TPSA) is 81.0 Å². The van der Waals surface area contributed by atoms with E-state index in [4.69, 9.17) is 4.74 Å². The molecule has 0 radical (unpaired) electrons. The Bertz CT molecular complexity index is 1160. The quantitative estimate of drug-likeness (QED) is 0.610. The van der Waals surface area contributed by atoms with E-state index in [-0.39, 0.29) is 30.5 Å². The number of carbonyl (C=O) groups is 2. The molecule has 4 rings (SSSR count). The SMILES string of the molecule is Cc1ccc2nc(COC(=O)[C@H]3CC(=O)N([C@@H](C)c4ccccc4)C3)cc(=O)n2c1. The molecular formula is C23H23N3O4. The van der Waals surface area contributed by atoms with E-state index < -0.39 is 11.9 Å². The zero-order valence-corrected chi connectivity index (χ0v) is 16.9. The summed E-state index contributed by atoms with van der Waals surface area (Å²) in [6, 6.07) is 14.6. The van der Waals surface area contributed by atoms with Gasteiger partial charge in [-0.1, -0.05) is 36.4 Å². The van der Waals surface area contributed by atoms with Crippen LogP contribution in [0.1, 0.15) is 36.2 Å². The van der Waals surface area contributed by atoms with E-state index in [1.165, 1.54) is 10.5 Å². The van der Waals surface area contributed by atoms with Crippen molar-refractivity contribution >= 4 is 17.5 Å². The number of ether oxygens (including phenoxy) is 1. The van der Waals surface area contributed by atoms with Gasteiger partial charge in [0.05, 0.1) is 17.7 Å². The second-order valence-corrected chi connectivity index (χ2v) is 7.66. The van der Waals surface area contributed by atoms with Crippen LogP contribution in [0.2, 0.25) is 0 Å². The molecule has 0 spiro atoms. The minimum Gasteiger partial charge on any atom is -0.459 e. The third kappa shape index (κ3) is 3.96. The summed E-state index contributed by atoms with van der Waals surface area (Å²) in [5, 5.41) is 0. The Morgan fingerprint density at radius 2 is 1.97 bits per heavy atom. The van der Waals surface area contributed by atoms with Crippen LogP contribution >= 0.6 is 0 Å². The number of hydrogen-bond donors (Lipinski definition) is 0. The van der Waals surface area contributed by atoms with Crippen LogP contribution in [0.25, 0.3) is 5.65 Å². The molecule has 3 heterocycles. The first-order valence-corrected chi connectivity index (χ1v) is 9.92. The maximum atomic E-state index is 12.5. The van der Waals surface area contributed by atoms with E-state index in [0.717, 1.165) is 11.1 Å². The fraction of sp³-hybridized carbons (Fsp3) is 0.304. The highest BCUT2D eigenvalue weighted by Crippen LogP contribution is 2.29. The number of esters is 1. The predicted octanol–water partition coefficient (Wildman–Crippen LogP) is 2.66. The maximum Gasteiger partial charge on any atom is 0.311 e. The fourth-order valence-corrected chi connectivity index (χ4v) is 3.77. The van der Waals surface area contributed by atoms with Gasteiger partial charge in [0.15, 0.2) is 0 Å². The molecule has 7 heteroatoms. The molecule has 0 N–H and O–H groups in total. The van der Waals surface area contributed by atoms with Gasteiger partial charge >= 0.3 is 5.97 Å². The number of benzene rings is 1. The van der Waals surface area contributed by atoms with Crippen LogP contribution in [0.5, 0.6) is 0 Å². The normalized spacial score (nSPS) is 17.3. The molecule has 3 aromatic rings. The lowest BCUT2D eigenvalue weighted by atomic mass is 10.1. The van der Waals surface area contributed by atoms with Crippen molar-refractivity contribution < 1.29 is 14.3 Å². The molecular weight excluding hydrogens is 382 g/mol.